The van der Waals surface area contributed by atoms with Crippen LogP contribution in [0.4, 0.5) is 17.6 Å². The summed E-state index contributed by atoms with van der Waals surface area (Å²) in [5.41, 5.74) is 0.0306. The summed E-state index contributed by atoms with van der Waals surface area (Å²) < 4.78 is 72.8. The van der Waals surface area contributed by atoms with Crippen molar-refractivity contribution in [2.45, 2.75) is 32.0 Å². The van der Waals surface area contributed by atoms with Crippen molar-refractivity contribution in [3.8, 4) is 22.8 Å². The lowest BCUT2D eigenvalue weighted by Crippen LogP contribution is -2.29. The summed E-state index contributed by atoms with van der Waals surface area (Å²) in [7, 11) is 1.51. The summed E-state index contributed by atoms with van der Waals surface area (Å²) in [5.74, 6) is -1.04. The first-order chi connectivity index (χ1) is 22.0. The van der Waals surface area contributed by atoms with E-state index in [1.54, 1.807) is 18.2 Å². The van der Waals surface area contributed by atoms with E-state index >= 15 is 4.39 Å². The number of benzene rings is 3. The van der Waals surface area contributed by atoms with Crippen molar-refractivity contribution in [1.82, 2.24) is 9.97 Å². The lowest BCUT2D eigenvalue weighted by atomic mass is 9.94. The minimum atomic E-state index is -4.54. The molecule has 1 aliphatic carbocycles. The third-order valence-corrected chi connectivity index (χ3v) is 7.94. The SMILES string of the molecule is C=C1C=C(C(=N)C(=O)Cc2ccc(-c3cnc4cc(OCc5ccccc5)c(OC)cc4n3)cc2F)C=C(C2(C(F)(F)F)CC2)O1. The third-order valence-electron chi connectivity index (χ3n) is 7.94. The molecule has 0 saturated heterocycles. The van der Waals surface area contributed by atoms with Crippen LogP contribution in [0, 0.1) is 16.6 Å². The van der Waals surface area contributed by atoms with Gasteiger partial charge in [0.25, 0.3) is 0 Å². The number of ketones is 1. The number of halogens is 4. The molecule has 3 aromatic carbocycles. The number of alkyl halides is 3. The Balaban J connectivity index is 1.18. The van der Waals surface area contributed by atoms with Gasteiger partial charge in [0, 0.05) is 29.7 Å². The molecule has 7 nitrogen and oxygen atoms in total. The van der Waals surface area contributed by atoms with Crippen LogP contribution in [0.1, 0.15) is 24.0 Å². The highest BCUT2D eigenvalue weighted by atomic mass is 19.4. The van der Waals surface area contributed by atoms with E-state index in [0.29, 0.717) is 40.4 Å². The predicted octanol–water partition coefficient (Wildman–Crippen LogP) is 7.85. The number of nitrogens with zero attached hydrogens (tertiary/aromatic N) is 2. The van der Waals surface area contributed by atoms with E-state index in [4.69, 9.17) is 19.6 Å². The van der Waals surface area contributed by atoms with Crippen LogP contribution in [0.5, 0.6) is 11.5 Å². The summed E-state index contributed by atoms with van der Waals surface area (Å²) in [6.45, 7) is 3.90. The maximum absolute atomic E-state index is 15.2. The van der Waals surface area contributed by atoms with Gasteiger partial charge in [0.05, 0.1) is 30.0 Å². The van der Waals surface area contributed by atoms with Crippen molar-refractivity contribution in [2.24, 2.45) is 5.41 Å². The standard InChI is InChI=1S/C35H27F4N3O4/c1-20-12-24(15-32(46-20)34(10-11-34)35(37,38)39)33(40)29(43)14-22-8-9-23(13-25(22)36)28-18-41-26-16-31(30(44-2)17-27(26)42-28)45-19-21-6-4-3-5-7-21/h3-9,12-13,15-18,40H,1,10-11,14,19H2,2H3. The molecule has 2 aliphatic rings. The predicted molar refractivity (Wildman–Crippen MR) is 163 cm³/mol. The Hall–Kier alpha value is -5.32. The van der Waals surface area contributed by atoms with Crippen LogP contribution in [0.15, 0.2) is 103 Å². The average Bonchev–Trinajstić information content (AvgIpc) is 3.87. The van der Waals surface area contributed by atoms with Gasteiger partial charge in [0.2, 0.25) is 0 Å². The Bertz CT molecular complexity index is 1950. The highest BCUT2D eigenvalue weighted by Gasteiger charge is 2.67. The molecule has 1 aromatic heterocycles. The number of allylic oxidation sites excluding steroid dienone is 4. The summed E-state index contributed by atoms with van der Waals surface area (Å²) in [6, 6.07) is 17.2. The minimum absolute atomic E-state index is 0.0127. The molecule has 11 heteroatoms. The van der Waals surface area contributed by atoms with Crippen LogP contribution in [-0.2, 0) is 22.6 Å². The van der Waals surface area contributed by atoms with Crippen LogP contribution in [-0.4, -0.2) is 34.7 Å². The van der Waals surface area contributed by atoms with Crippen LogP contribution in [0.3, 0.4) is 0 Å². The number of hydrogen-bond acceptors (Lipinski definition) is 7. The fraction of sp³-hybridized carbons (Fsp3) is 0.200. The largest absolute Gasteiger partial charge is 0.493 e. The first-order valence-corrected chi connectivity index (χ1v) is 14.3. The van der Waals surface area contributed by atoms with E-state index in [1.807, 2.05) is 30.3 Å². The van der Waals surface area contributed by atoms with Crippen LogP contribution in [0.2, 0.25) is 0 Å². The number of Topliss-reactive ketones (excluding diaryl/α,β-unsaturated/α-hetero) is 1. The lowest BCUT2D eigenvalue weighted by molar-refractivity contribution is -0.183. The zero-order chi connectivity index (χ0) is 32.6. The number of hydrogen-bond donors (Lipinski definition) is 1. The van der Waals surface area contributed by atoms with Crippen LogP contribution < -0.4 is 9.47 Å². The molecule has 0 unspecified atom stereocenters. The van der Waals surface area contributed by atoms with Gasteiger partial charge in [-0.15, -0.1) is 0 Å². The van der Waals surface area contributed by atoms with Crippen molar-refractivity contribution >= 4 is 22.5 Å². The van der Waals surface area contributed by atoms with Gasteiger partial charge in [-0.2, -0.15) is 13.2 Å². The molecule has 0 amide bonds. The lowest BCUT2D eigenvalue weighted by Gasteiger charge is -2.26. The number of ether oxygens (including phenoxy) is 3. The highest BCUT2D eigenvalue weighted by molar-refractivity contribution is 6.46. The van der Waals surface area contributed by atoms with E-state index in [2.05, 4.69) is 16.5 Å². The van der Waals surface area contributed by atoms with Crippen LogP contribution >= 0.6 is 0 Å². The van der Waals surface area contributed by atoms with Crippen molar-refractivity contribution in [3.05, 3.63) is 120 Å². The molecular weight excluding hydrogens is 602 g/mol. The zero-order valence-electron chi connectivity index (χ0n) is 24.6. The Morgan fingerprint density at radius 2 is 1.78 bits per heavy atom. The zero-order valence-corrected chi connectivity index (χ0v) is 24.6. The van der Waals surface area contributed by atoms with Crippen molar-refractivity contribution in [2.75, 3.05) is 7.11 Å². The molecule has 234 valence electrons. The normalized spacial score (nSPS) is 15.5. The molecule has 0 spiro atoms. The average molecular weight is 630 g/mol. The highest BCUT2D eigenvalue weighted by Crippen LogP contribution is 2.63. The van der Waals surface area contributed by atoms with Crippen molar-refractivity contribution < 1.29 is 36.6 Å². The molecule has 1 saturated carbocycles. The van der Waals surface area contributed by atoms with Gasteiger partial charge in [-0.25, -0.2) is 9.37 Å². The number of carbonyl (C=O) groups excluding carboxylic acids is 1. The maximum Gasteiger partial charge on any atom is 0.401 e. The van der Waals surface area contributed by atoms with Crippen molar-refractivity contribution in [3.63, 3.8) is 0 Å². The number of carbonyl (C=O) groups is 1. The number of methoxy groups -OCH3 is 1. The van der Waals surface area contributed by atoms with Gasteiger partial charge < -0.3 is 14.2 Å². The molecule has 1 N–H and O–H groups in total. The molecule has 0 bridgehead atoms. The fourth-order valence-corrected chi connectivity index (χ4v) is 5.17. The Morgan fingerprint density at radius 3 is 2.46 bits per heavy atom. The summed E-state index contributed by atoms with van der Waals surface area (Å²) in [4.78, 5) is 22.0. The molecule has 1 fully saturated rings. The van der Waals surface area contributed by atoms with E-state index in [-0.39, 0.29) is 35.5 Å². The molecule has 0 radical (unpaired) electrons. The van der Waals surface area contributed by atoms with Crippen LogP contribution in [0.25, 0.3) is 22.3 Å². The first kappa shape index (κ1) is 30.7. The van der Waals surface area contributed by atoms with E-state index in [0.717, 1.165) is 11.6 Å². The Morgan fingerprint density at radius 1 is 1.04 bits per heavy atom. The van der Waals surface area contributed by atoms with Gasteiger partial charge in [0.1, 0.15) is 35.1 Å². The van der Waals surface area contributed by atoms with Gasteiger partial charge >= 0.3 is 6.18 Å². The number of fused-ring (bicyclic) bond motifs is 1. The van der Waals surface area contributed by atoms with Gasteiger partial charge in [-0.3, -0.25) is 15.2 Å². The fourth-order valence-electron chi connectivity index (χ4n) is 5.17. The number of aromatic nitrogens is 2. The second kappa shape index (κ2) is 11.9. The van der Waals surface area contributed by atoms with Gasteiger partial charge in [-0.05, 0) is 42.2 Å². The summed E-state index contributed by atoms with van der Waals surface area (Å²) >= 11 is 0. The Labute approximate surface area is 261 Å². The molecule has 46 heavy (non-hydrogen) atoms. The van der Waals surface area contributed by atoms with E-state index in [9.17, 15) is 18.0 Å². The minimum Gasteiger partial charge on any atom is -0.493 e. The molecule has 6 rings (SSSR count). The smallest absolute Gasteiger partial charge is 0.401 e. The maximum atomic E-state index is 15.2. The van der Waals surface area contributed by atoms with E-state index in [1.165, 1.54) is 31.5 Å². The molecule has 2 heterocycles. The molecule has 1 aliphatic heterocycles. The second-order valence-electron chi connectivity index (χ2n) is 11.1. The van der Waals surface area contributed by atoms with E-state index < -0.39 is 35.3 Å². The van der Waals surface area contributed by atoms with Gasteiger partial charge in [-0.1, -0.05) is 49.0 Å². The monoisotopic (exact) mass is 629 g/mol. The third kappa shape index (κ3) is 6.00. The molecule has 4 aromatic rings. The molecular formula is C35H27F4N3O4. The second-order valence-corrected chi connectivity index (χ2v) is 11.1. The number of nitrogens with one attached hydrogen (secondary N) is 1. The number of rotatable bonds is 10. The summed E-state index contributed by atoms with van der Waals surface area (Å²) in [5, 5.41) is 8.34. The Kier molecular flexibility index (Phi) is 7.93. The quantitative estimate of drug-likeness (QED) is 0.142. The van der Waals surface area contributed by atoms with Crippen molar-refractivity contribution in [1.29, 1.82) is 5.41 Å². The first-order valence-electron chi connectivity index (χ1n) is 14.3. The molecule has 0 atom stereocenters. The van der Waals surface area contributed by atoms with Gasteiger partial charge in [0.15, 0.2) is 17.3 Å². The summed E-state index contributed by atoms with van der Waals surface area (Å²) in [6.07, 6.45) is -1.55. The topological polar surface area (TPSA) is 94.4 Å².